The Morgan fingerprint density at radius 2 is 1.94 bits per heavy atom. The minimum Gasteiger partial charge on any atom is -0.444 e. The highest BCUT2D eigenvalue weighted by Crippen LogP contribution is 2.40. The van der Waals surface area contributed by atoms with Gasteiger partial charge in [0.2, 0.25) is 0 Å². The summed E-state index contributed by atoms with van der Waals surface area (Å²) >= 11 is 0. The molecular weight excluding hydrogens is 242 g/mol. The van der Waals surface area contributed by atoms with Gasteiger partial charge in [-0.3, -0.25) is 0 Å². The van der Waals surface area contributed by atoms with Crippen LogP contribution >= 0.6 is 0 Å². The van der Waals surface area contributed by atoms with Crippen molar-refractivity contribution in [1.82, 2.24) is 5.32 Å². The van der Waals surface area contributed by atoms with Crippen LogP contribution in [-0.4, -0.2) is 29.7 Å². The molecule has 4 nitrogen and oxygen atoms in total. The van der Waals surface area contributed by atoms with Crippen molar-refractivity contribution >= 4 is 6.09 Å². The summed E-state index contributed by atoms with van der Waals surface area (Å²) in [4.78, 5) is 11.6. The maximum Gasteiger partial charge on any atom is 0.408 e. The second kappa shape index (κ2) is 4.99. The fraction of sp³-hybridized carbons (Fsp3) is 0.917. The Kier molecular flexibility index (Phi) is 4.20. The third-order valence-corrected chi connectivity index (χ3v) is 2.97. The average molecular weight is 264 g/mol. The van der Waals surface area contributed by atoms with Crippen LogP contribution in [0.3, 0.4) is 0 Å². The number of nitrogens with one attached hydrogen (secondary N) is 1. The number of hydrogen-bond donors (Lipinski definition) is 2. The van der Waals surface area contributed by atoms with Crippen LogP contribution in [0.25, 0.3) is 0 Å². The van der Waals surface area contributed by atoms with Gasteiger partial charge in [-0.15, -0.1) is 0 Å². The molecule has 1 amide bonds. The SMILES string of the molecule is CC(C)(C)OC(=O)NC1(CC(F)(F)CN)CCC1. The van der Waals surface area contributed by atoms with Crippen molar-refractivity contribution < 1.29 is 18.3 Å². The first kappa shape index (κ1) is 15.1. The van der Waals surface area contributed by atoms with Crippen LogP contribution in [0.2, 0.25) is 0 Å². The predicted octanol–water partition coefficient (Wildman–Crippen LogP) is 2.42. The van der Waals surface area contributed by atoms with Gasteiger partial charge >= 0.3 is 6.09 Å². The molecule has 1 aliphatic rings. The van der Waals surface area contributed by atoms with E-state index in [9.17, 15) is 13.6 Å². The monoisotopic (exact) mass is 264 g/mol. The number of halogens is 2. The van der Waals surface area contributed by atoms with E-state index >= 15 is 0 Å². The molecule has 0 unspecified atom stereocenters. The number of hydrogen-bond acceptors (Lipinski definition) is 3. The van der Waals surface area contributed by atoms with E-state index < -0.39 is 36.1 Å². The Morgan fingerprint density at radius 3 is 2.28 bits per heavy atom. The normalized spacial score (nSPS) is 19.0. The molecule has 0 atom stereocenters. The van der Waals surface area contributed by atoms with Gasteiger partial charge in [-0.2, -0.15) is 0 Å². The summed E-state index contributed by atoms with van der Waals surface area (Å²) in [6, 6.07) is 0. The number of nitrogens with two attached hydrogens (primary N) is 1. The smallest absolute Gasteiger partial charge is 0.408 e. The molecule has 0 aromatic heterocycles. The van der Waals surface area contributed by atoms with Gasteiger partial charge in [-0.05, 0) is 40.0 Å². The number of carbonyl (C=O) groups is 1. The van der Waals surface area contributed by atoms with Crippen molar-refractivity contribution in [3.8, 4) is 0 Å². The quantitative estimate of drug-likeness (QED) is 0.819. The van der Waals surface area contributed by atoms with Crippen LogP contribution in [-0.2, 0) is 4.74 Å². The first-order valence-electron chi connectivity index (χ1n) is 6.17. The molecule has 0 radical (unpaired) electrons. The standard InChI is InChI=1S/C12H22F2N2O2/c1-10(2,3)18-9(17)16-11(5-4-6-11)7-12(13,14)8-15/h4-8,15H2,1-3H3,(H,16,17). The van der Waals surface area contributed by atoms with Gasteiger partial charge in [0.1, 0.15) is 5.60 Å². The second-order valence-corrected chi connectivity index (χ2v) is 6.00. The van der Waals surface area contributed by atoms with E-state index in [-0.39, 0.29) is 0 Å². The molecule has 0 aromatic rings. The Labute approximate surface area is 106 Å². The van der Waals surface area contributed by atoms with Crippen molar-refractivity contribution in [2.45, 2.75) is 63.5 Å². The summed E-state index contributed by atoms with van der Waals surface area (Å²) in [5, 5.41) is 2.58. The van der Waals surface area contributed by atoms with E-state index in [1.54, 1.807) is 20.8 Å². The molecule has 0 aromatic carbocycles. The van der Waals surface area contributed by atoms with Crippen LogP contribution < -0.4 is 11.1 Å². The minimum atomic E-state index is -2.95. The summed E-state index contributed by atoms with van der Waals surface area (Å²) in [7, 11) is 0. The topological polar surface area (TPSA) is 64.3 Å². The third kappa shape index (κ3) is 4.40. The zero-order chi connectivity index (χ0) is 14.0. The van der Waals surface area contributed by atoms with E-state index in [2.05, 4.69) is 5.32 Å². The average Bonchev–Trinajstić information content (AvgIpc) is 2.11. The van der Waals surface area contributed by atoms with Gasteiger partial charge in [0.25, 0.3) is 5.92 Å². The van der Waals surface area contributed by atoms with Gasteiger partial charge in [0.05, 0.1) is 6.54 Å². The minimum absolute atomic E-state index is 0.421. The Bertz CT molecular complexity index is 310. The highest BCUT2D eigenvalue weighted by molar-refractivity contribution is 5.69. The zero-order valence-corrected chi connectivity index (χ0v) is 11.2. The lowest BCUT2D eigenvalue weighted by atomic mass is 9.73. The molecule has 6 heteroatoms. The largest absolute Gasteiger partial charge is 0.444 e. The van der Waals surface area contributed by atoms with Gasteiger partial charge in [0.15, 0.2) is 0 Å². The molecule has 0 spiro atoms. The molecule has 1 saturated carbocycles. The van der Waals surface area contributed by atoms with E-state index in [1.165, 1.54) is 0 Å². The van der Waals surface area contributed by atoms with Crippen LogP contribution in [0.1, 0.15) is 46.5 Å². The van der Waals surface area contributed by atoms with E-state index in [0.717, 1.165) is 6.42 Å². The summed E-state index contributed by atoms with van der Waals surface area (Å²) in [5.41, 5.74) is 3.54. The van der Waals surface area contributed by atoms with Crippen molar-refractivity contribution in [1.29, 1.82) is 0 Å². The lowest BCUT2D eigenvalue weighted by Gasteiger charge is -2.44. The number of amides is 1. The Morgan fingerprint density at radius 1 is 1.39 bits per heavy atom. The molecule has 1 rings (SSSR count). The molecular formula is C12H22F2N2O2. The highest BCUT2D eigenvalue weighted by atomic mass is 19.3. The molecule has 0 saturated heterocycles. The second-order valence-electron chi connectivity index (χ2n) is 6.00. The molecule has 0 bridgehead atoms. The van der Waals surface area contributed by atoms with Crippen molar-refractivity contribution in [2.24, 2.45) is 5.73 Å². The molecule has 1 aliphatic carbocycles. The summed E-state index contributed by atoms with van der Waals surface area (Å²) in [5.74, 6) is -2.95. The van der Waals surface area contributed by atoms with Crippen molar-refractivity contribution in [3.05, 3.63) is 0 Å². The van der Waals surface area contributed by atoms with Crippen molar-refractivity contribution in [3.63, 3.8) is 0 Å². The van der Waals surface area contributed by atoms with E-state index in [0.29, 0.717) is 12.8 Å². The number of carbonyl (C=O) groups excluding carboxylic acids is 1. The number of ether oxygens (including phenoxy) is 1. The lowest BCUT2D eigenvalue weighted by Crippen LogP contribution is -2.57. The van der Waals surface area contributed by atoms with Gasteiger partial charge < -0.3 is 15.8 Å². The molecule has 0 aliphatic heterocycles. The van der Waals surface area contributed by atoms with Gasteiger partial charge in [0, 0.05) is 12.0 Å². The first-order chi connectivity index (χ1) is 8.08. The maximum absolute atomic E-state index is 13.3. The van der Waals surface area contributed by atoms with Crippen LogP contribution in [0, 0.1) is 0 Å². The van der Waals surface area contributed by atoms with E-state index in [1.807, 2.05) is 0 Å². The first-order valence-corrected chi connectivity index (χ1v) is 6.17. The molecule has 106 valence electrons. The Balaban J connectivity index is 2.59. The van der Waals surface area contributed by atoms with Crippen molar-refractivity contribution in [2.75, 3.05) is 6.54 Å². The van der Waals surface area contributed by atoms with Gasteiger partial charge in [-0.25, -0.2) is 13.6 Å². The highest BCUT2D eigenvalue weighted by Gasteiger charge is 2.46. The summed E-state index contributed by atoms with van der Waals surface area (Å²) in [6.45, 7) is 4.49. The third-order valence-electron chi connectivity index (χ3n) is 2.97. The van der Waals surface area contributed by atoms with E-state index in [4.69, 9.17) is 10.5 Å². The number of alkyl halides is 2. The Hall–Kier alpha value is -0.910. The van der Waals surface area contributed by atoms with Gasteiger partial charge in [-0.1, -0.05) is 0 Å². The zero-order valence-electron chi connectivity index (χ0n) is 11.2. The molecule has 3 N–H and O–H groups in total. The molecule has 0 heterocycles. The number of rotatable bonds is 4. The van der Waals surface area contributed by atoms with Crippen LogP contribution in [0.15, 0.2) is 0 Å². The maximum atomic E-state index is 13.3. The van der Waals surface area contributed by atoms with Crippen LogP contribution in [0.4, 0.5) is 13.6 Å². The van der Waals surface area contributed by atoms with Crippen LogP contribution in [0.5, 0.6) is 0 Å². The summed E-state index contributed by atoms with van der Waals surface area (Å²) < 4.78 is 31.8. The fourth-order valence-corrected chi connectivity index (χ4v) is 2.04. The molecule has 18 heavy (non-hydrogen) atoms. The predicted molar refractivity (Wildman–Crippen MR) is 64.6 cm³/mol. The summed E-state index contributed by atoms with van der Waals surface area (Å²) in [6.07, 6.45) is 0.852. The number of alkyl carbamates (subject to hydrolysis) is 1. The fourth-order valence-electron chi connectivity index (χ4n) is 2.04. The molecule has 1 fully saturated rings. The lowest BCUT2D eigenvalue weighted by molar-refractivity contribution is -0.0445.